The van der Waals surface area contributed by atoms with E-state index in [9.17, 15) is 4.79 Å². The maximum Gasteiger partial charge on any atom is 0.306 e. The van der Waals surface area contributed by atoms with Crippen LogP contribution in [0.2, 0.25) is 0 Å². The second-order valence-electron chi connectivity index (χ2n) is 6.32. The molecule has 0 bridgehead atoms. The van der Waals surface area contributed by atoms with Gasteiger partial charge in [-0.05, 0) is 5.56 Å². The largest absolute Gasteiger partial charge is 0.469 e. The molecule has 3 rings (SSSR count). The summed E-state index contributed by atoms with van der Waals surface area (Å²) < 4.78 is 4.69. The van der Waals surface area contributed by atoms with Gasteiger partial charge in [0.15, 0.2) is 5.69 Å². The first-order valence-electron chi connectivity index (χ1n) is 8.16. The van der Waals surface area contributed by atoms with Gasteiger partial charge in [0, 0.05) is 38.9 Å². The van der Waals surface area contributed by atoms with Crippen molar-refractivity contribution in [1.29, 1.82) is 0 Å². The number of esters is 1. The van der Waals surface area contributed by atoms with Crippen molar-refractivity contribution in [1.82, 2.24) is 4.90 Å². The van der Waals surface area contributed by atoms with Crippen LogP contribution in [0.4, 0.5) is 5.69 Å². The van der Waals surface area contributed by atoms with Gasteiger partial charge in [0.2, 0.25) is 0 Å². The number of carbonyl (C=O) groups is 1. The van der Waals surface area contributed by atoms with Crippen LogP contribution in [-0.4, -0.2) is 48.9 Å². The van der Waals surface area contributed by atoms with Crippen molar-refractivity contribution < 1.29 is 14.4 Å². The van der Waals surface area contributed by atoms with E-state index in [2.05, 4.69) is 19.6 Å². The number of oxime groups is 1. The average molecular weight is 327 g/mol. The van der Waals surface area contributed by atoms with Gasteiger partial charge >= 0.3 is 5.97 Å². The first kappa shape index (κ1) is 16.5. The minimum absolute atomic E-state index is 0.166. The van der Waals surface area contributed by atoms with Crippen LogP contribution >= 0.6 is 0 Å². The van der Waals surface area contributed by atoms with E-state index in [1.54, 1.807) is 0 Å². The summed E-state index contributed by atoms with van der Waals surface area (Å²) in [6, 6.07) is 7.48. The Labute approximate surface area is 141 Å². The van der Waals surface area contributed by atoms with Gasteiger partial charge in [-0.2, -0.15) is 0 Å². The third-order valence-corrected chi connectivity index (χ3v) is 4.80. The number of piperidine rings is 1. The van der Waals surface area contributed by atoms with Crippen LogP contribution in [-0.2, 0) is 14.4 Å². The average Bonchev–Trinajstić information content (AvgIpc) is 3.05. The highest BCUT2D eigenvalue weighted by Crippen LogP contribution is 2.36. The van der Waals surface area contributed by atoms with E-state index in [-0.39, 0.29) is 11.6 Å². The van der Waals surface area contributed by atoms with Crippen LogP contribution in [0.15, 0.2) is 29.4 Å². The Kier molecular flexibility index (Phi) is 4.81. The molecule has 0 N–H and O–H groups in total. The summed E-state index contributed by atoms with van der Waals surface area (Å²) in [4.78, 5) is 22.7. The van der Waals surface area contributed by atoms with Gasteiger partial charge in [0.25, 0.3) is 0 Å². The number of hydrogen-bond acceptors (Lipinski definition) is 5. The van der Waals surface area contributed by atoms with Gasteiger partial charge < -0.3 is 14.5 Å². The molecule has 2 aliphatic rings. The topological polar surface area (TPSA) is 55.5 Å². The quantitative estimate of drug-likeness (QED) is 0.630. The van der Waals surface area contributed by atoms with Crippen molar-refractivity contribution in [2.75, 3.05) is 26.7 Å². The van der Waals surface area contributed by atoms with Crippen LogP contribution in [0.1, 0.15) is 31.2 Å². The second-order valence-corrected chi connectivity index (χ2v) is 6.32. The lowest BCUT2D eigenvalue weighted by Gasteiger charge is -2.37. The molecular weight excluding hydrogens is 306 g/mol. The highest BCUT2D eigenvalue weighted by molar-refractivity contribution is 6.01. The second kappa shape index (κ2) is 7.02. The number of benzene rings is 1. The van der Waals surface area contributed by atoms with Crippen molar-refractivity contribution in [3.8, 4) is 0 Å². The molecule has 0 aliphatic carbocycles. The molecule has 0 saturated carbocycles. The lowest BCUT2D eigenvalue weighted by atomic mass is 9.85. The highest BCUT2D eigenvalue weighted by Gasteiger charge is 2.42. The fraction of sp³-hybridized carbons (Fsp3) is 0.500. The Morgan fingerprint density at radius 3 is 2.71 bits per heavy atom. The fourth-order valence-electron chi connectivity index (χ4n) is 3.21. The molecule has 24 heavy (non-hydrogen) atoms. The highest BCUT2D eigenvalue weighted by atomic mass is 16.7. The van der Waals surface area contributed by atoms with Crippen LogP contribution in [0, 0.1) is 6.57 Å². The molecule has 1 saturated heterocycles. The van der Waals surface area contributed by atoms with E-state index in [0.29, 0.717) is 12.1 Å². The molecule has 2 aliphatic heterocycles. The van der Waals surface area contributed by atoms with E-state index in [1.807, 2.05) is 24.3 Å². The molecule has 1 aromatic rings. The number of methoxy groups -OCH3 is 1. The zero-order valence-corrected chi connectivity index (χ0v) is 13.8. The molecule has 126 valence electrons. The van der Waals surface area contributed by atoms with Crippen molar-refractivity contribution in [2.24, 2.45) is 5.16 Å². The van der Waals surface area contributed by atoms with Gasteiger partial charge in [-0.15, -0.1) is 0 Å². The Bertz CT molecular complexity index is 668. The molecule has 6 heteroatoms. The SMILES string of the molecule is [C-]#[N+]c1ccc(C2=NOC3(CCN(CCC(=O)OC)CC3)C2)cc1. The molecule has 0 atom stereocenters. The monoisotopic (exact) mass is 327 g/mol. The van der Waals surface area contributed by atoms with Gasteiger partial charge in [-0.25, -0.2) is 4.85 Å². The summed E-state index contributed by atoms with van der Waals surface area (Å²) in [7, 11) is 1.42. The summed E-state index contributed by atoms with van der Waals surface area (Å²) in [5.74, 6) is -0.166. The minimum atomic E-state index is -0.213. The molecule has 0 amide bonds. The molecular formula is C18H21N3O3. The molecule has 2 heterocycles. The first-order chi connectivity index (χ1) is 11.6. The third kappa shape index (κ3) is 3.57. The number of rotatable bonds is 4. The smallest absolute Gasteiger partial charge is 0.306 e. The van der Waals surface area contributed by atoms with E-state index in [1.165, 1.54) is 7.11 Å². The summed E-state index contributed by atoms with van der Waals surface area (Å²) in [6.07, 6.45) is 3.04. The van der Waals surface area contributed by atoms with Gasteiger partial charge in [0.1, 0.15) is 5.60 Å². The molecule has 1 fully saturated rings. The lowest BCUT2D eigenvalue weighted by molar-refractivity contribution is -0.141. The third-order valence-electron chi connectivity index (χ3n) is 4.80. The van der Waals surface area contributed by atoms with Crippen LogP contribution in [0.25, 0.3) is 4.85 Å². The zero-order chi connectivity index (χ0) is 17.0. The molecule has 6 nitrogen and oxygen atoms in total. The molecule has 0 unspecified atom stereocenters. The lowest BCUT2D eigenvalue weighted by Crippen LogP contribution is -2.45. The molecule has 0 radical (unpaired) electrons. The maximum atomic E-state index is 11.2. The van der Waals surface area contributed by atoms with Crippen molar-refractivity contribution in [2.45, 2.75) is 31.3 Å². The molecule has 0 aromatic heterocycles. The van der Waals surface area contributed by atoms with Gasteiger partial charge in [-0.3, -0.25) is 4.79 Å². The van der Waals surface area contributed by atoms with Crippen LogP contribution in [0.5, 0.6) is 0 Å². The Hall–Kier alpha value is -2.39. The normalized spacial score (nSPS) is 19.4. The number of nitrogens with zero attached hydrogens (tertiary/aromatic N) is 3. The van der Waals surface area contributed by atoms with Crippen molar-refractivity contribution in [3.05, 3.63) is 41.2 Å². The number of carbonyl (C=O) groups excluding carboxylic acids is 1. The maximum absolute atomic E-state index is 11.2. The fourth-order valence-corrected chi connectivity index (χ4v) is 3.21. The predicted molar refractivity (Wildman–Crippen MR) is 90.0 cm³/mol. The summed E-state index contributed by atoms with van der Waals surface area (Å²) in [5, 5.41) is 4.30. The van der Waals surface area contributed by atoms with Crippen LogP contribution < -0.4 is 0 Å². The van der Waals surface area contributed by atoms with Gasteiger partial charge in [0.05, 0.1) is 25.8 Å². The molecule has 1 spiro atoms. The molecule has 1 aromatic carbocycles. The summed E-state index contributed by atoms with van der Waals surface area (Å²) in [6.45, 7) is 9.54. The van der Waals surface area contributed by atoms with Crippen molar-refractivity contribution >= 4 is 17.4 Å². The Morgan fingerprint density at radius 2 is 2.08 bits per heavy atom. The summed E-state index contributed by atoms with van der Waals surface area (Å²) >= 11 is 0. The zero-order valence-electron chi connectivity index (χ0n) is 13.8. The minimum Gasteiger partial charge on any atom is -0.469 e. The predicted octanol–water partition coefficient (Wildman–Crippen LogP) is 2.76. The van der Waals surface area contributed by atoms with Crippen LogP contribution in [0.3, 0.4) is 0 Å². The Balaban J connectivity index is 1.53. The van der Waals surface area contributed by atoms with E-state index < -0.39 is 0 Å². The number of likely N-dealkylation sites (tertiary alicyclic amines) is 1. The van der Waals surface area contributed by atoms with Gasteiger partial charge in [-0.1, -0.05) is 29.4 Å². The van der Waals surface area contributed by atoms with E-state index in [0.717, 1.165) is 50.2 Å². The Morgan fingerprint density at radius 1 is 1.38 bits per heavy atom. The first-order valence-corrected chi connectivity index (χ1v) is 8.16. The van der Waals surface area contributed by atoms with E-state index >= 15 is 0 Å². The standard InChI is InChI=1S/C18H21N3O3/c1-19-15-5-3-14(4-6-15)16-13-18(24-20-16)8-11-21(12-9-18)10-7-17(22)23-2/h3-6H,7-13H2,2H3. The summed E-state index contributed by atoms with van der Waals surface area (Å²) in [5.41, 5.74) is 2.39. The van der Waals surface area contributed by atoms with E-state index in [4.69, 9.17) is 11.4 Å². The number of hydrogen-bond donors (Lipinski definition) is 0. The van der Waals surface area contributed by atoms with Crippen molar-refractivity contribution in [3.63, 3.8) is 0 Å². The number of ether oxygens (including phenoxy) is 1.